The molecule has 2 aromatic carbocycles. The number of rotatable bonds is 5. The summed E-state index contributed by atoms with van der Waals surface area (Å²) in [6.45, 7) is 4.05. The molecule has 0 saturated carbocycles. The molecule has 0 bridgehead atoms. The third-order valence-electron chi connectivity index (χ3n) is 3.16. The van der Waals surface area contributed by atoms with E-state index in [4.69, 9.17) is 0 Å². The van der Waals surface area contributed by atoms with Crippen molar-refractivity contribution < 1.29 is 4.79 Å². The second-order valence-electron chi connectivity index (χ2n) is 4.73. The van der Waals surface area contributed by atoms with E-state index in [0.29, 0.717) is 0 Å². The van der Waals surface area contributed by atoms with Gasteiger partial charge in [-0.25, -0.2) is 0 Å². The molecule has 0 fully saturated rings. The minimum absolute atomic E-state index is 0.0507. The molecule has 0 spiro atoms. The van der Waals surface area contributed by atoms with Crippen LogP contribution < -0.4 is 5.32 Å². The summed E-state index contributed by atoms with van der Waals surface area (Å²) in [5.41, 5.74) is 3.41. The van der Waals surface area contributed by atoms with Crippen LogP contribution in [0.1, 0.15) is 18.1 Å². The van der Waals surface area contributed by atoms with Crippen molar-refractivity contribution in [1.29, 1.82) is 0 Å². The molecule has 1 amide bonds. The summed E-state index contributed by atoms with van der Waals surface area (Å²) in [7, 11) is 0. The fourth-order valence-corrected chi connectivity index (χ4v) is 2.79. The molecule has 0 saturated heterocycles. The Labute approximate surface area is 124 Å². The van der Waals surface area contributed by atoms with Gasteiger partial charge in [0, 0.05) is 11.4 Å². The van der Waals surface area contributed by atoms with Gasteiger partial charge in [0.1, 0.15) is 0 Å². The Morgan fingerprint density at radius 2 is 1.75 bits per heavy atom. The Morgan fingerprint density at radius 3 is 2.45 bits per heavy atom. The van der Waals surface area contributed by atoms with Gasteiger partial charge in [-0.3, -0.25) is 4.79 Å². The Hall–Kier alpha value is -1.74. The zero-order valence-corrected chi connectivity index (χ0v) is 12.6. The molecule has 3 heteroatoms. The standard InChI is InChI=1S/C17H19NOS/c1-13-8-6-7-9-15(13)12-20-14(2)17(19)18-16-10-4-3-5-11-16/h3-11,14H,12H2,1-2H3,(H,18,19). The Kier molecular flexibility index (Phi) is 5.24. The van der Waals surface area contributed by atoms with Gasteiger partial charge >= 0.3 is 0 Å². The summed E-state index contributed by atoms with van der Waals surface area (Å²) in [4.78, 5) is 12.1. The molecule has 0 radical (unpaired) electrons. The second-order valence-corrected chi connectivity index (χ2v) is 6.06. The van der Waals surface area contributed by atoms with Crippen molar-refractivity contribution in [2.24, 2.45) is 0 Å². The SMILES string of the molecule is Cc1ccccc1CSC(C)C(=O)Nc1ccccc1. The summed E-state index contributed by atoms with van der Waals surface area (Å²) in [6.07, 6.45) is 0. The van der Waals surface area contributed by atoms with E-state index in [1.807, 2.05) is 49.4 Å². The number of carbonyl (C=O) groups excluding carboxylic acids is 1. The first-order chi connectivity index (χ1) is 9.66. The van der Waals surface area contributed by atoms with Crippen LogP contribution in [0.3, 0.4) is 0 Å². The summed E-state index contributed by atoms with van der Waals surface area (Å²) in [6, 6.07) is 17.9. The van der Waals surface area contributed by atoms with Crippen molar-refractivity contribution >= 4 is 23.4 Å². The molecule has 0 aromatic heterocycles. The highest BCUT2D eigenvalue weighted by atomic mass is 32.2. The lowest BCUT2D eigenvalue weighted by Gasteiger charge is -2.13. The molecule has 2 rings (SSSR count). The second kappa shape index (κ2) is 7.15. The number of anilines is 1. The molecular weight excluding hydrogens is 266 g/mol. The van der Waals surface area contributed by atoms with Gasteiger partial charge in [-0.1, -0.05) is 42.5 Å². The maximum absolute atomic E-state index is 12.1. The van der Waals surface area contributed by atoms with Gasteiger partial charge in [-0.2, -0.15) is 0 Å². The number of aryl methyl sites for hydroxylation is 1. The van der Waals surface area contributed by atoms with Crippen LogP contribution in [0, 0.1) is 6.92 Å². The van der Waals surface area contributed by atoms with Crippen molar-refractivity contribution in [3.05, 3.63) is 65.7 Å². The number of nitrogens with one attached hydrogen (secondary N) is 1. The molecule has 1 atom stereocenters. The fraction of sp³-hybridized carbons (Fsp3) is 0.235. The van der Waals surface area contributed by atoms with E-state index >= 15 is 0 Å². The van der Waals surface area contributed by atoms with Crippen molar-refractivity contribution in [3.63, 3.8) is 0 Å². The molecule has 20 heavy (non-hydrogen) atoms. The Balaban J connectivity index is 1.87. The smallest absolute Gasteiger partial charge is 0.237 e. The lowest BCUT2D eigenvalue weighted by Crippen LogP contribution is -2.22. The largest absolute Gasteiger partial charge is 0.325 e. The van der Waals surface area contributed by atoms with Gasteiger partial charge in [0.05, 0.1) is 5.25 Å². The van der Waals surface area contributed by atoms with E-state index in [9.17, 15) is 4.79 Å². The normalized spacial score (nSPS) is 11.9. The lowest BCUT2D eigenvalue weighted by atomic mass is 10.1. The van der Waals surface area contributed by atoms with Gasteiger partial charge in [-0.05, 0) is 37.1 Å². The van der Waals surface area contributed by atoms with Crippen molar-refractivity contribution in [1.82, 2.24) is 0 Å². The predicted molar refractivity (Wildman–Crippen MR) is 87.0 cm³/mol. The van der Waals surface area contributed by atoms with Crippen LogP contribution in [0.25, 0.3) is 0 Å². The topological polar surface area (TPSA) is 29.1 Å². The minimum atomic E-state index is -0.0742. The molecule has 2 nitrogen and oxygen atoms in total. The van der Waals surface area contributed by atoms with Crippen LogP contribution in [0.15, 0.2) is 54.6 Å². The average molecular weight is 285 g/mol. The van der Waals surface area contributed by atoms with Gasteiger partial charge in [0.2, 0.25) is 5.91 Å². The molecule has 0 aliphatic heterocycles. The third-order valence-corrected chi connectivity index (χ3v) is 4.35. The summed E-state index contributed by atoms with van der Waals surface area (Å²) >= 11 is 1.66. The number of amides is 1. The third kappa shape index (κ3) is 4.14. The predicted octanol–water partition coefficient (Wildman–Crippen LogP) is 4.26. The fourth-order valence-electron chi connectivity index (χ4n) is 1.83. The highest BCUT2D eigenvalue weighted by Crippen LogP contribution is 2.21. The molecule has 1 N–H and O–H groups in total. The molecule has 1 unspecified atom stereocenters. The van der Waals surface area contributed by atoms with Crippen molar-refractivity contribution in [3.8, 4) is 0 Å². The molecule has 0 heterocycles. The van der Waals surface area contributed by atoms with Gasteiger partial charge in [0.15, 0.2) is 0 Å². The lowest BCUT2D eigenvalue weighted by molar-refractivity contribution is -0.115. The van der Waals surface area contributed by atoms with Gasteiger partial charge < -0.3 is 5.32 Å². The highest BCUT2D eigenvalue weighted by molar-refractivity contribution is 7.99. The van der Waals surface area contributed by atoms with Crippen LogP contribution in [-0.2, 0) is 10.5 Å². The maximum atomic E-state index is 12.1. The molecule has 0 aliphatic carbocycles. The maximum Gasteiger partial charge on any atom is 0.237 e. The summed E-state index contributed by atoms with van der Waals surface area (Å²) in [5, 5.41) is 2.86. The average Bonchev–Trinajstić information content (AvgIpc) is 2.47. The van der Waals surface area contributed by atoms with Gasteiger partial charge in [-0.15, -0.1) is 11.8 Å². The number of hydrogen-bond donors (Lipinski definition) is 1. The first-order valence-electron chi connectivity index (χ1n) is 6.69. The summed E-state index contributed by atoms with van der Waals surface area (Å²) in [5.74, 6) is 0.908. The van der Waals surface area contributed by atoms with Gasteiger partial charge in [0.25, 0.3) is 0 Å². The first kappa shape index (κ1) is 14.7. The van der Waals surface area contributed by atoms with Crippen LogP contribution in [-0.4, -0.2) is 11.2 Å². The Bertz CT molecular complexity index is 568. The monoisotopic (exact) mass is 285 g/mol. The first-order valence-corrected chi connectivity index (χ1v) is 7.73. The molecule has 2 aromatic rings. The van der Waals surface area contributed by atoms with Crippen LogP contribution in [0.5, 0.6) is 0 Å². The van der Waals surface area contributed by atoms with Crippen molar-refractivity contribution in [2.75, 3.05) is 5.32 Å². The highest BCUT2D eigenvalue weighted by Gasteiger charge is 2.13. The summed E-state index contributed by atoms with van der Waals surface area (Å²) < 4.78 is 0. The van der Waals surface area contributed by atoms with Crippen LogP contribution in [0.4, 0.5) is 5.69 Å². The van der Waals surface area contributed by atoms with E-state index in [0.717, 1.165) is 11.4 Å². The van der Waals surface area contributed by atoms with Crippen molar-refractivity contribution in [2.45, 2.75) is 24.9 Å². The van der Waals surface area contributed by atoms with E-state index in [-0.39, 0.29) is 11.2 Å². The number of para-hydroxylation sites is 1. The van der Waals surface area contributed by atoms with E-state index in [2.05, 4.69) is 24.4 Å². The van der Waals surface area contributed by atoms with E-state index in [1.54, 1.807) is 11.8 Å². The number of carbonyl (C=O) groups is 1. The van der Waals surface area contributed by atoms with Crippen LogP contribution >= 0.6 is 11.8 Å². The van der Waals surface area contributed by atoms with E-state index < -0.39 is 0 Å². The number of hydrogen-bond acceptors (Lipinski definition) is 2. The quantitative estimate of drug-likeness (QED) is 0.889. The zero-order valence-electron chi connectivity index (χ0n) is 11.8. The number of thioether (sulfide) groups is 1. The van der Waals surface area contributed by atoms with Crippen LogP contribution in [0.2, 0.25) is 0 Å². The zero-order chi connectivity index (χ0) is 14.4. The number of benzene rings is 2. The molecular formula is C17H19NOS. The minimum Gasteiger partial charge on any atom is -0.325 e. The molecule has 104 valence electrons. The van der Waals surface area contributed by atoms with E-state index in [1.165, 1.54) is 11.1 Å². The Morgan fingerprint density at radius 1 is 1.10 bits per heavy atom. The molecule has 0 aliphatic rings.